The monoisotopic (exact) mass is 255 g/mol. The van der Waals surface area contributed by atoms with Gasteiger partial charge in [0.05, 0.1) is 0 Å². The van der Waals surface area contributed by atoms with Crippen LogP contribution in [0.3, 0.4) is 0 Å². The van der Waals surface area contributed by atoms with E-state index in [0.29, 0.717) is 0 Å². The van der Waals surface area contributed by atoms with E-state index < -0.39 is 0 Å². The Morgan fingerprint density at radius 1 is 0.895 bits per heavy atom. The molecule has 4 N–H and O–H groups in total. The molecule has 0 spiro atoms. The van der Waals surface area contributed by atoms with Crippen molar-refractivity contribution in [2.75, 3.05) is 17.2 Å². The summed E-state index contributed by atoms with van der Waals surface area (Å²) in [7, 11) is 0. The highest BCUT2D eigenvalue weighted by atomic mass is 14.9. The molecule has 0 heterocycles. The van der Waals surface area contributed by atoms with Crippen LogP contribution < -0.4 is 16.4 Å². The van der Waals surface area contributed by atoms with Crippen LogP contribution in [-0.2, 0) is 0 Å². The van der Waals surface area contributed by atoms with Crippen molar-refractivity contribution in [3.05, 3.63) is 54.6 Å². The Labute approximate surface area is 114 Å². The maximum absolute atomic E-state index is 5.88. The molecule has 1 unspecified atom stereocenters. The minimum Gasteiger partial charge on any atom is -0.383 e. The first-order valence-electron chi connectivity index (χ1n) is 6.69. The highest BCUT2D eigenvalue weighted by Gasteiger charge is 1.99. The van der Waals surface area contributed by atoms with E-state index in [-0.39, 0.29) is 6.04 Å². The Hall–Kier alpha value is -2.00. The first kappa shape index (κ1) is 13.4. The number of anilines is 3. The zero-order chi connectivity index (χ0) is 13.5. The fourth-order valence-corrected chi connectivity index (χ4v) is 1.75. The second kappa shape index (κ2) is 6.81. The highest BCUT2D eigenvalue weighted by molar-refractivity contribution is 5.62. The molecular formula is C16H21N3. The van der Waals surface area contributed by atoms with Crippen LogP contribution in [0.4, 0.5) is 17.1 Å². The molecule has 0 saturated carbocycles. The molecule has 2 aromatic carbocycles. The first-order chi connectivity index (χ1) is 9.28. The molecule has 0 amide bonds. The Morgan fingerprint density at radius 3 is 2.11 bits per heavy atom. The fraction of sp³-hybridized carbons (Fsp3) is 0.250. The lowest BCUT2D eigenvalue weighted by atomic mass is 10.2. The second-order valence-corrected chi connectivity index (χ2v) is 4.62. The van der Waals surface area contributed by atoms with Gasteiger partial charge < -0.3 is 16.4 Å². The molecule has 0 aliphatic carbocycles. The van der Waals surface area contributed by atoms with Crippen LogP contribution in [0.25, 0.3) is 0 Å². The Morgan fingerprint density at radius 2 is 1.47 bits per heavy atom. The molecule has 0 radical (unpaired) electrons. The zero-order valence-electron chi connectivity index (χ0n) is 11.3. The minimum atomic E-state index is 0.210. The summed E-state index contributed by atoms with van der Waals surface area (Å²) in [6, 6.07) is 18.6. The summed E-state index contributed by atoms with van der Waals surface area (Å²) in [5.41, 5.74) is 9.15. The molecular weight excluding hydrogens is 234 g/mol. The van der Waals surface area contributed by atoms with Crippen molar-refractivity contribution in [3.8, 4) is 0 Å². The number of benzene rings is 2. The topological polar surface area (TPSA) is 50.1 Å². The molecule has 0 fully saturated rings. The third kappa shape index (κ3) is 4.30. The van der Waals surface area contributed by atoms with E-state index in [0.717, 1.165) is 30.0 Å². The third-order valence-corrected chi connectivity index (χ3v) is 3.04. The van der Waals surface area contributed by atoms with Crippen LogP contribution in [0.1, 0.15) is 13.3 Å². The summed E-state index contributed by atoms with van der Waals surface area (Å²) < 4.78 is 0. The van der Waals surface area contributed by atoms with Crippen molar-refractivity contribution in [1.29, 1.82) is 0 Å². The van der Waals surface area contributed by atoms with Crippen molar-refractivity contribution in [3.63, 3.8) is 0 Å². The van der Waals surface area contributed by atoms with Gasteiger partial charge in [-0.3, -0.25) is 0 Å². The number of nitrogens with two attached hydrogens (primary N) is 1. The molecule has 100 valence electrons. The Balaban J connectivity index is 1.91. The average Bonchev–Trinajstić information content (AvgIpc) is 2.47. The van der Waals surface area contributed by atoms with E-state index in [2.05, 4.69) is 41.8 Å². The number of para-hydroxylation sites is 1. The van der Waals surface area contributed by atoms with Crippen LogP contribution in [0.15, 0.2) is 54.6 Å². The lowest BCUT2D eigenvalue weighted by Crippen LogP contribution is -2.27. The summed E-state index contributed by atoms with van der Waals surface area (Å²) in [4.78, 5) is 0. The van der Waals surface area contributed by atoms with Gasteiger partial charge in [0.25, 0.3) is 0 Å². The summed E-state index contributed by atoms with van der Waals surface area (Å²) >= 11 is 0. The summed E-state index contributed by atoms with van der Waals surface area (Å²) in [6.45, 7) is 2.90. The molecule has 0 aliphatic rings. The quantitative estimate of drug-likeness (QED) is 0.739. The van der Waals surface area contributed by atoms with Gasteiger partial charge in [-0.15, -0.1) is 0 Å². The van der Waals surface area contributed by atoms with Crippen LogP contribution in [0.5, 0.6) is 0 Å². The normalized spacial score (nSPS) is 11.9. The van der Waals surface area contributed by atoms with Gasteiger partial charge in [0.15, 0.2) is 0 Å². The van der Waals surface area contributed by atoms with Crippen molar-refractivity contribution < 1.29 is 0 Å². The first-order valence-corrected chi connectivity index (χ1v) is 6.69. The number of rotatable bonds is 6. The van der Waals surface area contributed by atoms with E-state index in [1.54, 1.807) is 0 Å². The van der Waals surface area contributed by atoms with Crippen LogP contribution in [0, 0.1) is 0 Å². The van der Waals surface area contributed by atoms with Crippen molar-refractivity contribution in [1.82, 2.24) is 0 Å². The number of hydrogen-bond acceptors (Lipinski definition) is 3. The number of hydrogen-bond donors (Lipinski definition) is 3. The van der Waals surface area contributed by atoms with Crippen molar-refractivity contribution in [2.24, 2.45) is 5.73 Å². The van der Waals surface area contributed by atoms with E-state index in [9.17, 15) is 0 Å². The van der Waals surface area contributed by atoms with E-state index in [1.807, 2.05) is 30.3 Å². The molecule has 19 heavy (non-hydrogen) atoms. The molecule has 0 aliphatic heterocycles. The van der Waals surface area contributed by atoms with E-state index >= 15 is 0 Å². The van der Waals surface area contributed by atoms with Gasteiger partial charge in [-0.1, -0.05) is 25.1 Å². The standard InChI is InChI=1S/C16H21N3/c1-2-13(17)12-18-14-8-10-16(11-9-14)19-15-6-4-3-5-7-15/h3-11,13,18-19H,2,12,17H2,1H3. The van der Waals surface area contributed by atoms with Gasteiger partial charge in [-0.2, -0.15) is 0 Å². The predicted octanol–water partition coefficient (Wildman–Crippen LogP) is 3.58. The molecule has 0 bridgehead atoms. The van der Waals surface area contributed by atoms with Crippen LogP contribution in [-0.4, -0.2) is 12.6 Å². The molecule has 3 nitrogen and oxygen atoms in total. The maximum atomic E-state index is 5.88. The van der Waals surface area contributed by atoms with Crippen LogP contribution in [0.2, 0.25) is 0 Å². The van der Waals surface area contributed by atoms with Gasteiger partial charge in [-0.05, 0) is 42.8 Å². The van der Waals surface area contributed by atoms with Gasteiger partial charge in [-0.25, -0.2) is 0 Å². The highest BCUT2D eigenvalue weighted by Crippen LogP contribution is 2.18. The number of nitrogens with one attached hydrogen (secondary N) is 2. The lowest BCUT2D eigenvalue weighted by Gasteiger charge is -2.12. The van der Waals surface area contributed by atoms with Gasteiger partial charge in [0.1, 0.15) is 0 Å². The van der Waals surface area contributed by atoms with Gasteiger partial charge in [0, 0.05) is 29.6 Å². The smallest absolute Gasteiger partial charge is 0.0385 e. The van der Waals surface area contributed by atoms with Crippen LogP contribution >= 0.6 is 0 Å². The molecule has 3 heteroatoms. The molecule has 0 saturated heterocycles. The fourth-order valence-electron chi connectivity index (χ4n) is 1.75. The average molecular weight is 255 g/mol. The molecule has 1 atom stereocenters. The largest absolute Gasteiger partial charge is 0.383 e. The third-order valence-electron chi connectivity index (χ3n) is 3.04. The van der Waals surface area contributed by atoms with Crippen molar-refractivity contribution >= 4 is 17.1 Å². The SMILES string of the molecule is CCC(N)CNc1ccc(Nc2ccccc2)cc1. The minimum absolute atomic E-state index is 0.210. The van der Waals surface area contributed by atoms with Gasteiger partial charge >= 0.3 is 0 Å². The second-order valence-electron chi connectivity index (χ2n) is 4.62. The predicted molar refractivity (Wildman–Crippen MR) is 82.9 cm³/mol. The molecule has 0 aromatic heterocycles. The van der Waals surface area contributed by atoms with E-state index in [1.165, 1.54) is 0 Å². The summed E-state index contributed by atoms with van der Waals surface area (Å²) in [5.74, 6) is 0. The van der Waals surface area contributed by atoms with Crippen molar-refractivity contribution in [2.45, 2.75) is 19.4 Å². The van der Waals surface area contributed by atoms with E-state index in [4.69, 9.17) is 5.73 Å². The zero-order valence-corrected chi connectivity index (χ0v) is 11.3. The Kier molecular flexibility index (Phi) is 4.81. The lowest BCUT2D eigenvalue weighted by molar-refractivity contribution is 0.679. The molecule has 2 aromatic rings. The summed E-state index contributed by atoms with van der Waals surface area (Å²) in [6.07, 6.45) is 0.987. The molecule has 2 rings (SSSR count). The van der Waals surface area contributed by atoms with Gasteiger partial charge in [0.2, 0.25) is 0 Å². The summed E-state index contributed by atoms with van der Waals surface area (Å²) in [5, 5.41) is 6.69. The maximum Gasteiger partial charge on any atom is 0.0385 e. The Bertz CT molecular complexity index is 479.